The normalized spacial score (nSPS) is 24.8. The highest BCUT2D eigenvalue weighted by molar-refractivity contribution is 5.73. The zero-order valence-corrected chi connectivity index (χ0v) is 15.0. The Hall–Kier alpha value is -1.99. The molecular weight excluding hydrogens is 320 g/mol. The third-order valence-corrected chi connectivity index (χ3v) is 4.82. The summed E-state index contributed by atoms with van der Waals surface area (Å²) >= 11 is 0. The van der Waals surface area contributed by atoms with Crippen LogP contribution in [-0.4, -0.2) is 56.4 Å². The fraction of sp³-hybridized carbons (Fsp3) is 0.611. The van der Waals surface area contributed by atoms with Gasteiger partial charge in [0.1, 0.15) is 6.61 Å². The zero-order chi connectivity index (χ0) is 17.6. The van der Waals surface area contributed by atoms with Crippen LogP contribution in [0.2, 0.25) is 0 Å². The van der Waals surface area contributed by atoms with E-state index in [9.17, 15) is 4.79 Å². The molecule has 7 nitrogen and oxygen atoms in total. The summed E-state index contributed by atoms with van der Waals surface area (Å²) in [4.78, 5) is 13.9. The summed E-state index contributed by atoms with van der Waals surface area (Å²) < 4.78 is 11.6. The molecule has 1 fully saturated rings. The molecule has 3 unspecified atom stereocenters. The number of hydrogen-bond donors (Lipinski definition) is 3. The van der Waals surface area contributed by atoms with Gasteiger partial charge in [-0.15, -0.1) is 0 Å². The fourth-order valence-electron chi connectivity index (χ4n) is 3.23. The Balaban J connectivity index is 1.35. The third-order valence-electron chi connectivity index (χ3n) is 4.82. The second kappa shape index (κ2) is 8.40. The summed E-state index contributed by atoms with van der Waals surface area (Å²) in [6.07, 6.45) is 1.93. The van der Waals surface area contributed by atoms with E-state index >= 15 is 0 Å². The third kappa shape index (κ3) is 4.76. The highest BCUT2D eigenvalue weighted by Gasteiger charge is 2.24. The molecule has 0 bridgehead atoms. The summed E-state index contributed by atoms with van der Waals surface area (Å²) in [5, 5.41) is 2.98. The monoisotopic (exact) mass is 348 g/mol. The number of carbonyl (C=O) groups is 1. The van der Waals surface area contributed by atoms with E-state index < -0.39 is 0 Å². The maximum absolute atomic E-state index is 12.2. The molecule has 0 aliphatic carbocycles. The van der Waals surface area contributed by atoms with Gasteiger partial charge in [-0.1, -0.05) is 12.1 Å². The first-order chi connectivity index (χ1) is 12.1. The molecular formula is C18H28N4O3. The number of amides is 2. The van der Waals surface area contributed by atoms with Crippen LogP contribution in [0.4, 0.5) is 4.79 Å². The van der Waals surface area contributed by atoms with Crippen LogP contribution in [0.3, 0.4) is 0 Å². The lowest BCUT2D eigenvalue weighted by Crippen LogP contribution is -2.45. The quantitative estimate of drug-likeness (QED) is 0.677. The summed E-state index contributed by atoms with van der Waals surface area (Å²) in [5.74, 6) is 2.12. The van der Waals surface area contributed by atoms with Gasteiger partial charge in [-0.3, -0.25) is 10.9 Å². The lowest BCUT2D eigenvalue weighted by Gasteiger charge is -2.29. The molecule has 3 atom stereocenters. The summed E-state index contributed by atoms with van der Waals surface area (Å²) in [7, 11) is 1.78. The average Bonchev–Trinajstić information content (AvgIpc) is 3.03. The van der Waals surface area contributed by atoms with E-state index in [2.05, 4.69) is 23.1 Å². The Morgan fingerprint density at radius 3 is 2.92 bits per heavy atom. The standard InChI is InChI=1S/C18H28N4O3/c1-13-14(10-20-21-13)6-5-9-19-18(23)22(2)11-15-12-24-16-7-3-4-8-17(16)25-15/h3-4,7-8,13-15,20-21H,5-6,9-12H2,1-2H3,(H,19,23). The van der Waals surface area contributed by atoms with Crippen LogP contribution in [-0.2, 0) is 0 Å². The van der Waals surface area contributed by atoms with Gasteiger partial charge in [0.05, 0.1) is 6.54 Å². The van der Waals surface area contributed by atoms with Crippen molar-refractivity contribution in [3.8, 4) is 11.5 Å². The smallest absolute Gasteiger partial charge is 0.317 e. The molecule has 0 radical (unpaired) electrons. The van der Waals surface area contributed by atoms with E-state index in [1.54, 1.807) is 11.9 Å². The number of para-hydroxylation sites is 2. The first kappa shape index (κ1) is 17.8. The van der Waals surface area contributed by atoms with E-state index in [0.29, 0.717) is 31.7 Å². The van der Waals surface area contributed by atoms with Gasteiger partial charge in [0.2, 0.25) is 0 Å². The Bertz CT molecular complexity index is 583. The average molecular weight is 348 g/mol. The minimum atomic E-state index is -0.151. The second-order valence-electron chi connectivity index (χ2n) is 6.83. The topological polar surface area (TPSA) is 74.9 Å². The summed E-state index contributed by atoms with van der Waals surface area (Å²) in [5.41, 5.74) is 6.39. The summed E-state index contributed by atoms with van der Waals surface area (Å²) in [6.45, 7) is 4.82. The molecule has 2 heterocycles. The molecule has 1 aromatic carbocycles. The maximum atomic E-state index is 12.2. The molecule has 3 N–H and O–H groups in total. The molecule has 0 spiro atoms. The predicted octanol–water partition coefficient (Wildman–Crippen LogP) is 1.36. The van der Waals surface area contributed by atoms with E-state index in [1.807, 2.05) is 24.3 Å². The highest BCUT2D eigenvalue weighted by atomic mass is 16.6. The number of nitrogens with zero attached hydrogens (tertiary/aromatic N) is 1. The number of likely N-dealkylation sites (N-methyl/N-ethyl adjacent to an activating group) is 1. The number of benzene rings is 1. The molecule has 138 valence electrons. The van der Waals surface area contributed by atoms with Gasteiger partial charge in [0.15, 0.2) is 17.6 Å². The zero-order valence-electron chi connectivity index (χ0n) is 15.0. The van der Waals surface area contributed by atoms with Crippen LogP contribution in [0.5, 0.6) is 11.5 Å². The molecule has 0 aromatic heterocycles. The van der Waals surface area contributed by atoms with E-state index in [0.717, 1.165) is 30.9 Å². The van der Waals surface area contributed by atoms with Crippen molar-refractivity contribution < 1.29 is 14.3 Å². The number of hydrazine groups is 1. The number of nitrogens with one attached hydrogen (secondary N) is 3. The van der Waals surface area contributed by atoms with Gasteiger partial charge in [-0.2, -0.15) is 0 Å². The SMILES string of the molecule is CC1NNCC1CCCNC(=O)N(C)CC1COc2ccccc2O1. The number of urea groups is 1. The first-order valence-electron chi connectivity index (χ1n) is 8.99. The minimum Gasteiger partial charge on any atom is -0.486 e. The van der Waals surface area contributed by atoms with Crippen molar-refractivity contribution in [3.63, 3.8) is 0 Å². The van der Waals surface area contributed by atoms with Gasteiger partial charge in [-0.05, 0) is 37.8 Å². The molecule has 1 aromatic rings. The molecule has 2 aliphatic heterocycles. The van der Waals surface area contributed by atoms with Crippen LogP contribution in [0.15, 0.2) is 24.3 Å². The lowest BCUT2D eigenvalue weighted by molar-refractivity contribution is 0.0716. The van der Waals surface area contributed by atoms with Crippen molar-refractivity contribution >= 4 is 6.03 Å². The predicted molar refractivity (Wildman–Crippen MR) is 95.7 cm³/mol. The Kier molecular flexibility index (Phi) is 5.99. The number of carbonyl (C=O) groups excluding carboxylic acids is 1. The van der Waals surface area contributed by atoms with Gasteiger partial charge in [-0.25, -0.2) is 4.79 Å². The van der Waals surface area contributed by atoms with E-state index in [1.165, 1.54) is 0 Å². The minimum absolute atomic E-state index is 0.0711. The van der Waals surface area contributed by atoms with Gasteiger partial charge in [0, 0.05) is 26.2 Å². The van der Waals surface area contributed by atoms with Crippen molar-refractivity contribution in [2.24, 2.45) is 5.92 Å². The molecule has 1 saturated heterocycles. The van der Waals surface area contributed by atoms with Crippen LogP contribution < -0.4 is 25.6 Å². The lowest BCUT2D eigenvalue weighted by atomic mass is 9.98. The first-order valence-corrected chi connectivity index (χ1v) is 8.99. The van der Waals surface area contributed by atoms with E-state index in [4.69, 9.17) is 9.47 Å². The number of rotatable bonds is 6. The largest absolute Gasteiger partial charge is 0.486 e. The number of ether oxygens (including phenoxy) is 2. The van der Waals surface area contributed by atoms with Crippen molar-refractivity contribution in [3.05, 3.63) is 24.3 Å². The molecule has 2 amide bonds. The van der Waals surface area contributed by atoms with Crippen LogP contribution in [0, 0.1) is 5.92 Å². The second-order valence-corrected chi connectivity index (χ2v) is 6.83. The van der Waals surface area contributed by atoms with Crippen molar-refractivity contribution in [1.29, 1.82) is 0 Å². The van der Waals surface area contributed by atoms with Gasteiger partial charge >= 0.3 is 6.03 Å². The summed E-state index contributed by atoms with van der Waals surface area (Å²) in [6, 6.07) is 8.02. The Morgan fingerprint density at radius 2 is 2.16 bits per heavy atom. The molecule has 25 heavy (non-hydrogen) atoms. The van der Waals surface area contributed by atoms with Gasteiger partial charge in [0.25, 0.3) is 0 Å². The number of fused-ring (bicyclic) bond motifs is 1. The Labute approximate surface area is 149 Å². The maximum Gasteiger partial charge on any atom is 0.317 e. The van der Waals surface area contributed by atoms with Crippen LogP contribution >= 0.6 is 0 Å². The fourth-order valence-corrected chi connectivity index (χ4v) is 3.23. The Morgan fingerprint density at radius 1 is 1.36 bits per heavy atom. The number of hydrogen-bond acceptors (Lipinski definition) is 5. The highest BCUT2D eigenvalue weighted by Crippen LogP contribution is 2.30. The van der Waals surface area contributed by atoms with Crippen molar-refractivity contribution in [2.45, 2.75) is 31.9 Å². The van der Waals surface area contributed by atoms with Crippen LogP contribution in [0.25, 0.3) is 0 Å². The molecule has 7 heteroatoms. The van der Waals surface area contributed by atoms with Crippen molar-refractivity contribution in [1.82, 2.24) is 21.1 Å². The van der Waals surface area contributed by atoms with Crippen molar-refractivity contribution in [2.75, 3.05) is 33.3 Å². The molecule has 3 rings (SSSR count). The van der Waals surface area contributed by atoms with E-state index in [-0.39, 0.29) is 12.1 Å². The van der Waals surface area contributed by atoms with Gasteiger partial charge < -0.3 is 19.7 Å². The molecule has 2 aliphatic rings. The molecule has 0 saturated carbocycles. The van der Waals surface area contributed by atoms with Crippen LogP contribution in [0.1, 0.15) is 19.8 Å².